The first kappa shape index (κ1) is 25.0. The van der Waals surface area contributed by atoms with Crippen LogP contribution in [-0.4, -0.2) is 29.6 Å². The first-order valence-corrected chi connectivity index (χ1v) is 12.3. The summed E-state index contributed by atoms with van der Waals surface area (Å²) in [5.41, 5.74) is 3.14. The van der Waals surface area contributed by atoms with Gasteiger partial charge in [-0.1, -0.05) is 57.9 Å². The van der Waals surface area contributed by atoms with Crippen LogP contribution in [0.2, 0.25) is 0 Å². The van der Waals surface area contributed by atoms with Crippen molar-refractivity contribution in [1.29, 1.82) is 0 Å². The van der Waals surface area contributed by atoms with Crippen LogP contribution >= 0.6 is 11.3 Å². The standard InChI is InChI=1S/C26H33NO5S/c1-6-32-25(31)21-20(16-11-13-17(14-12-16)26(3,4)5)15(2)33-23(21)27-22(28)18-9-7-8-10-19(18)24(29)30/h11-14,18-19H,6-10H2,1-5H3,(H,27,28)(H,29,30)/t18-,19+/m1/s1. The molecule has 0 unspecified atom stereocenters. The van der Waals surface area contributed by atoms with Crippen LogP contribution in [0.5, 0.6) is 0 Å². The molecule has 178 valence electrons. The Labute approximate surface area is 199 Å². The Bertz CT molecular complexity index is 1030. The normalized spacial score (nSPS) is 18.6. The number of carboxylic acids is 1. The van der Waals surface area contributed by atoms with E-state index in [2.05, 4.69) is 38.2 Å². The van der Waals surface area contributed by atoms with Crippen molar-refractivity contribution in [1.82, 2.24) is 0 Å². The third kappa shape index (κ3) is 5.46. The van der Waals surface area contributed by atoms with E-state index in [1.807, 2.05) is 19.1 Å². The molecule has 2 aromatic rings. The Kier molecular flexibility index (Phi) is 7.62. The smallest absolute Gasteiger partial charge is 0.341 e. The van der Waals surface area contributed by atoms with E-state index in [-0.39, 0.29) is 17.9 Å². The minimum absolute atomic E-state index is 0.00596. The summed E-state index contributed by atoms with van der Waals surface area (Å²) in [4.78, 5) is 38.6. The van der Waals surface area contributed by atoms with Crippen molar-refractivity contribution >= 4 is 34.2 Å². The van der Waals surface area contributed by atoms with Gasteiger partial charge < -0.3 is 15.2 Å². The Hall–Kier alpha value is -2.67. The largest absolute Gasteiger partial charge is 0.481 e. The number of hydrogen-bond acceptors (Lipinski definition) is 5. The summed E-state index contributed by atoms with van der Waals surface area (Å²) in [7, 11) is 0. The van der Waals surface area contributed by atoms with Crippen molar-refractivity contribution < 1.29 is 24.2 Å². The predicted molar refractivity (Wildman–Crippen MR) is 131 cm³/mol. The zero-order valence-electron chi connectivity index (χ0n) is 20.0. The SMILES string of the molecule is CCOC(=O)c1c(NC(=O)[C@@H]2CCCC[C@@H]2C(=O)O)sc(C)c1-c1ccc(C(C)(C)C)cc1. The molecule has 0 saturated heterocycles. The van der Waals surface area contributed by atoms with Crippen LogP contribution in [0.15, 0.2) is 24.3 Å². The van der Waals surface area contributed by atoms with E-state index in [1.54, 1.807) is 6.92 Å². The maximum atomic E-state index is 13.1. The molecule has 2 atom stereocenters. The number of esters is 1. The maximum Gasteiger partial charge on any atom is 0.341 e. The quantitative estimate of drug-likeness (QED) is 0.502. The van der Waals surface area contributed by atoms with Gasteiger partial charge in [-0.15, -0.1) is 11.3 Å². The van der Waals surface area contributed by atoms with E-state index >= 15 is 0 Å². The molecule has 33 heavy (non-hydrogen) atoms. The first-order valence-electron chi connectivity index (χ1n) is 11.5. The summed E-state index contributed by atoms with van der Waals surface area (Å²) in [5.74, 6) is -3.09. The molecule has 1 saturated carbocycles. The van der Waals surface area contributed by atoms with Gasteiger partial charge in [0.05, 0.1) is 18.4 Å². The van der Waals surface area contributed by atoms with Gasteiger partial charge in [0.25, 0.3) is 0 Å². The monoisotopic (exact) mass is 471 g/mol. The third-order valence-corrected chi connectivity index (χ3v) is 7.28. The molecular formula is C26H33NO5S. The second kappa shape index (κ2) is 10.1. The number of anilines is 1. The predicted octanol–water partition coefficient (Wildman–Crippen LogP) is 6.03. The van der Waals surface area contributed by atoms with Crippen LogP contribution in [0.3, 0.4) is 0 Å². The summed E-state index contributed by atoms with van der Waals surface area (Å²) in [6, 6.07) is 8.09. The third-order valence-electron chi connectivity index (χ3n) is 6.26. The zero-order valence-corrected chi connectivity index (χ0v) is 20.8. The fraction of sp³-hybridized carbons (Fsp3) is 0.500. The number of ether oxygens (including phenoxy) is 1. The van der Waals surface area contributed by atoms with Gasteiger partial charge in [0.1, 0.15) is 10.6 Å². The molecular weight excluding hydrogens is 438 g/mol. The fourth-order valence-corrected chi connectivity index (χ4v) is 5.53. The highest BCUT2D eigenvalue weighted by Crippen LogP contribution is 2.42. The van der Waals surface area contributed by atoms with Gasteiger partial charge >= 0.3 is 11.9 Å². The summed E-state index contributed by atoms with van der Waals surface area (Å²) in [6.45, 7) is 10.3. The lowest BCUT2D eigenvalue weighted by atomic mass is 9.78. The van der Waals surface area contributed by atoms with E-state index in [4.69, 9.17) is 4.74 Å². The minimum atomic E-state index is -0.942. The van der Waals surface area contributed by atoms with Crippen molar-refractivity contribution in [3.63, 3.8) is 0 Å². The number of aliphatic carboxylic acids is 1. The topological polar surface area (TPSA) is 92.7 Å². The Morgan fingerprint density at radius 1 is 1.09 bits per heavy atom. The number of thiophene rings is 1. The van der Waals surface area contributed by atoms with Gasteiger partial charge in [-0.3, -0.25) is 9.59 Å². The first-order chi connectivity index (χ1) is 15.5. The highest BCUT2D eigenvalue weighted by atomic mass is 32.1. The van der Waals surface area contributed by atoms with Crippen LogP contribution in [0, 0.1) is 18.8 Å². The molecule has 1 aliphatic carbocycles. The molecule has 1 amide bonds. The van der Waals surface area contributed by atoms with Crippen molar-refractivity contribution in [2.45, 2.75) is 65.7 Å². The van der Waals surface area contributed by atoms with Crippen molar-refractivity contribution in [2.75, 3.05) is 11.9 Å². The second-order valence-electron chi connectivity index (χ2n) is 9.61. The summed E-state index contributed by atoms with van der Waals surface area (Å²) < 4.78 is 5.33. The Morgan fingerprint density at radius 3 is 2.24 bits per heavy atom. The van der Waals surface area contributed by atoms with Gasteiger partial charge in [-0.05, 0) is 43.2 Å². The van der Waals surface area contributed by atoms with Crippen LogP contribution in [0.4, 0.5) is 5.00 Å². The Morgan fingerprint density at radius 2 is 1.70 bits per heavy atom. The molecule has 1 aliphatic rings. The van der Waals surface area contributed by atoms with E-state index in [0.29, 0.717) is 23.4 Å². The lowest BCUT2D eigenvalue weighted by Gasteiger charge is -2.27. The molecule has 1 aromatic heterocycles. The molecule has 7 heteroatoms. The van der Waals surface area contributed by atoms with Crippen LogP contribution in [-0.2, 0) is 19.7 Å². The van der Waals surface area contributed by atoms with Crippen LogP contribution < -0.4 is 5.32 Å². The second-order valence-corrected chi connectivity index (χ2v) is 10.8. The molecule has 6 nitrogen and oxygen atoms in total. The molecule has 1 fully saturated rings. The van der Waals surface area contributed by atoms with E-state index in [9.17, 15) is 19.5 Å². The molecule has 0 bridgehead atoms. The Balaban J connectivity index is 2.00. The van der Waals surface area contributed by atoms with Crippen LogP contribution in [0.25, 0.3) is 11.1 Å². The number of rotatable bonds is 6. The van der Waals surface area contributed by atoms with E-state index < -0.39 is 23.8 Å². The average Bonchev–Trinajstić information content (AvgIpc) is 3.08. The summed E-state index contributed by atoms with van der Waals surface area (Å²) >= 11 is 1.32. The molecule has 0 spiro atoms. The molecule has 0 radical (unpaired) electrons. The van der Waals surface area contributed by atoms with Crippen molar-refractivity contribution in [3.8, 4) is 11.1 Å². The van der Waals surface area contributed by atoms with Gasteiger partial charge in [-0.25, -0.2) is 4.79 Å². The molecule has 0 aliphatic heterocycles. The molecule has 1 aromatic carbocycles. The fourth-order valence-electron chi connectivity index (χ4n) is 4.46. The molecule has 1 heterocycles. The number of benzene rings is 1. The number of aryl methyl sites for hydroxylation is 1. The number of carbonyl (C=O) groups excluding carboxylic acids is 2. The summed E-state index contributed by atoms with van der Waals surface area (Å²) in [5, 5.41) is 12.9. The lowest BCUT2D eigenvalue weighted by molar-refractivity contribution is -0.147. The highest BCUT2D eigenvalue weighted by Gasteiger charge is 2.37. The number of hydrogen-bond donors (Lipinski definition) is 2. The van der Waals surface area contributed by atoms with E-state index in [1.165, 1.54) is 16.9 Å². The number of amides is 1. The average molecular weight is 472 g/mol. The van der Waals surface area contributed by atoms with Gasteiger partial charge in [-0.2, -0.15) is 0 Å². The molecule has 2 N–H and O–H groups in total. The highest BCUT2D eigenvalue weighted by molar-refractivity contribution is 7.17. The van der Waals surface area contributed by atoms with Gasteiger partial charge in [0.2, 0.25) is 5.91 Å². The molecule has 3 rings (SSSR count). The number of nitrogens with one attached hydrogen (secondary N) is 1. The van der Waals surface area contributed by atoms with Crippen molar-refractivity contribution in [3.05, 3.63) is 40.3 Å². The van der Waals surface area contributed by atoms with Crippen molar-refractivity contribution in [2.24, 2.45) is 11.8 Å². The number of carbonyl (C=O) groups is 3. The van der Waals surface area contributed by atoms with Gasteiger partial charge in [0, 0.05) is 10.4 Å². The minimum Gasteiger partial charge on any atom is -0.481 e. The number of carboxylic acid groups (broad SMARTS) is 1. The van der Waals surface area contributed by atoms with E-state index in [0.717, 1.165) is 28.8 Å². The zero-order chi connectivity index (χ0) is 24.3. The van der Waals surface area contributed by atoms with Gasteiger partial charge in [0.15, 0.2) is 0 Å². The maximum absolute atomic E-state index is 13.1. The van der Waals surface area contributed by atoms with Crippen LogP contribution in [0.1, 0.15) is 74.2 Å². The summed E-state index contributed by atoms with van der Waals surface area (Å²) in [6.07, 6.45) is 2.65. The lowest BCUT2D eigenvalue weighted by Crippen LogP contribution is -2.36.